The topological polar surface area (TPSA) is 26.3 Å². The van der Waals surface area contributed by atoms with Crippen LogP contribution in [0.5, 0.6) is 0 Å². The Bertz CT molecular complexity index is 432. The number of carbonyl (C=O) groups is 1. The fourth-order valence-electron chi connectivity index (χ4n) is 2.40. The number of carbonyl (C=O) groups excluding carboxylic acids is 1. The monoisotopic (exact) mass is 306 g/mol. The van der Waals surface area contributed by atoms with Crippen LogP contribution in [0.3, 0.4) is 0 Å². The normalized spacial score (nSPS) is 13.4. The minimum Gasteiger partial charge on any atom is -0.460 e. The van der Waals surface area contributed by atoms with Crippen molar-refractivity contribution in [1.29, 1.82) is 0 Å². The van der Waals surface area contributed by atoms with Gasteiger partial charge in [-0.3, -0.25) is 4.79 Å². The van der Waals surface area contributed by atoms with Gasteiger partial charge in [0.2, 0.25) is 0 Å². The molecule has 0 spiro atoms. The maximum atomic E-state index is 12.5. The molecule has 0 aliphatic rings. The molecule has 0 radical (unpaired) electrons. The van der Waals surface area contributed by atoms with Gasteiger partial charge in [-0.1, -0.05) is 71.4 Å². The Morgan fingerprint density at radius 2 is 1.59 bits per heavy atom. The summed E-state index contributed by atoms with van der Waals surface area (Å²) >= 11 is 0. The molecule has 0 saturated carbocycles. The van der Waals surface area contributed by atoms with Crippen LogP contribution in [0.4, 0.5) is 0 Å². The summed E-state index contributed by atoms with van der Waals surface area (Å²) in [4.78, 5) is 12.5. The SMILES string of the molecule is CC.Cc1ccc(COC(=O)C(C)(CC(C)C)C(C)C)cc1. The lowest BCUT2D eigenvalue weighted by atomic mass is 9.73. The highest BCUT2D eigenvalue weighted by molar-refractivity contribution is 5.76. The van der Waals surface area contributed by atoms with Gasteiger partial charge in [0.25, 0.3) is 0 Å². The third-order valence-corrected chi connectivity index (χ3v) is 4.06. The van der Waals surface area contributed by atoms with Gasteiger partial charge >= 0.3 is 5.97 Å². The molecule has 1 aromatic rings. The molecule has 0 amide bonds. The van der Waals surface area contributed by atoms with Crippen molar-refractivity contribution in [3.8, 4) is 0 Å². The predicted octanol–water partition coefficient (Wildman–Crippen LogP) is 5.77. The summed E-state index contributed by atoms with van der Waals surface area (Å²) in [5.41, 5.74) is 1.85. The fraction of sp³-hybridized carbons (Fsp3) is 0.650. The Kier molecular flexibility index (Phi) is 9.08. The zero-order valence-corrected chi connectivity index (χ0v) is 15.7. The van der Waals surface area contributed by atoms with Gasteiger partial charge in [0.1, 0.15) is 6.61 Å². The first-order chi connectivity index (χ1) is 10.3. The highest BCUT2D eigenvalue weighted by Gasteiger charge is 2.38. The molecular weight excluding hydrogens is 272 g/mol. The molecule has 0 bridgehead atoms. The third kappa shape index (κ3) is 6.21. The largest absolute Gasteiger partial charge is 0.460 e. The third-order valence-electron chi connectivity index (χ3n) is 4.06. The van der Waals surface area contributed by atoms with Crippen molar-refractivity contribution >= 4 is 5.97 Å². The van der Waals surface area contributed by atoms with E-state index in [-0.39, 0.29) is 11.9 Å². The van der Waals surface area contributed by atoms with Crippen molar-refractivity contribution in [3.63, 3.8) is 0 Å². The van der Waals surface area contributed by atoms with Crippen molar-refractivity contribution < 1.29 is 9.53 Å². The predicted molar refractivity (Wildman–Crippen MR) is 94.7 cm³/mol. The average Bonchev–Trinajstić information content (AvgIpc) is 2.47. The zero-order chi connectivity index (χ0) is 17.3. The van der Waals surface area contributed by atoms with Crippen molar-refractivity contribution in [2.45, 2.75) is 68.4 Å². The van der Waals surface area contributed by atoms with Gasteiger partial charge in [0.05, 0.1) is 5.41 Å². The minimum atomic E-state index is -0.404. The molecule has 126 valence electrons. The van der Waals surface area contributed by atoms with Gasteiger partial charge in [0, 0.05) is 0 Å². The second-order valence-electron chi connectivity index (χ2n) is 6.73. The van der Waals surface area contributed by atoms with E-state index in [1.165, 1.54) is 5.56 Å². The summed E-state index contributed by atoms with van der Waals surface area (Å²) in [6.45, 7) is 16.9. The van der Waals surface area contributed by atoms with Crippen LogP contribution in [0, 0.1) is 24.2 Å². The van der Waals surface area contributed by atoms with Gasteiger partial charge in [-0.15, -0.1) is 0 Å². The van der Waals surface area contributed by atoms with Gasteiger partial charge in [0.15, 0.2) is 0 Å². The first kappa shape index (κ1) is 20.7. The molecule has 2 nitrogen and oxygen atoms in total. The lowest BCUT2D eigenvalue weighted by Gasteiger charge is -2.32. The lowest BCUT2D eigenvalue weighted by molar-refractivity contribution is -0.160. The molecule has 0 N–H and O–H groups in total. The Labute approximate surface area is 137 Å². The maximum absolute atomic E-state index is 12.5. The van der Waals surface area contributed by atoms with Gasteiger partial charge in [-0.25, -0.2) is 0 Å². The van der Waals surface area contributed by atoms with Crippen LogP contribution in [0.25, 0.3) is 0 Å². The molecule has 0 aliphatic carbocycles. The molecule has 0 fully saturated rings. The number of hydrogen-bond acceptors (Lipinski definition) is 2. The zero-order valence-electron chi connectivity index (χ0n) is 15.7. The summed E-state index contributed by atoms with van der Waals surface area (Å²) in [6, 6.07) is 8.10. The van der Waals surface area contributed by atoms with Crippen LogP contribution < -0.4 is 0 Å². The van der Waals surface area contributed by atoms with Gasteiger partial charge in [-0.05, 0) is 37.7 Å². The number of aryl methyl sites for hydroxylation is 1. The van der Waals surface area contributed by atoms with Crippen LogP contribution in [0.15, 0.2) is 24.3 Å². The van der Waals surface area contributed by atoms with E-state index in [1.807, 2.05) is 52.0 Å². The number of ether oxygens (including phenoxy) is 1. The summed E-state index contributed by atoms with van der Waals surface area (Å²) in [5.74, 6) is 0.673. The molecule has 0 saturated heterocycles. The highest BCUT2D eigenvalue weighted by atomic mass is 16.5. The first-order valence-electron chi connectivity index (χ1n) is 8.48. The van der Waals surface area contributed by atoms with E-state index in [2.05, 4.69) is 27.7 Å². The molecule has 2 heteroatoms. The van der Waals surface area contributed by atoms with Crippen LogP contribution >= 0.6 is 0 Å². The van der Waals surface area contributed by atoms with Crippen molar-refractivity contribution in [2.75, 3.05) is 0 Å². The number of hydrogen-bond donors (Lipinski definition) is 0. The Morgan fingerprint density at radius 1 is 1.09 bits per heavy atom. The van der Waals surface area contributed by atoms with E-state index in [0.717, 1.165) is 12.0 Å². The van der Waals surface area contributed by atoms with Crippen molar-refractivity contribution in [3.05, 3.63) is 35.4 Å². The molecule has 0 aromatic heterocycles. The van der Waals surface area contributed by atoms with E-state index in [1.54, 1.807) is 0 Å². The Morgan fingerprint density at radius 3 is 2.00 bits per heavy atom. The molecule has 0 aliphatic heterocycles. The van der Waals surface area contributed by atoms with Gasteiger partial charge in [-0.2, -0.15) is 0 Å². The lowest BCUT2D eigenvalue weighted by Crippen LogP contribution is -2.36. The molecule has 1 rings (SSSR count). The standard InChI is InChI=1S/C18H28O2.C2H6/c1-13(2)11-18(6,14(3)4)17(19)20-12-16-9-7-15(5)8-10-16;1-2/h7-10,13-14H,11-12H2,1-6H3;1-2H3. The van der Waals surface area contributed by atoms with Gasteiger partial charge < -0.3 is 4.74 Å². The molecule has 1 unspecified atom stereocenters. The van der Waals surface area contributed by atoms with Crippen molar-refractivity contribution in [2.24, 2.45) is 17.3 Å². The van der Waals surface area contributed by atoms with Crippen LogP contribution in [0.1, 0.15) is 66.0 Å². The number of benzene rings is 1. The van der Waals surface area contributed by atoms with E-state index >= 15 is 0 Å². The first-order valence-corrected chi connectivity index (χ1v) is 8.48. The maximum Gasteiger partial charge on any atom is 0.312 e. The second kappa shape index (κ2) is 9.66. The molecule has 0 heterocycles. The number of rotatable bonds is 6. The quantitative estimate of drug-likeness (QED) is 0.623. The van der Waals surface area contributed by atoms with Crippen LogP contribution in [0.2, 0.25) is 0 Å². The molecule has 1 atom stereocenters. The smallest absolute Gasteiger partial charge is 0.312 e. The summed E-state index contributed by atoms with van der Waals surface area (Å²) < 4.78 is 5.56. The second-order valence-corrected chi connectivity index (χ2v) is 6.73. The summed E-state index contributed by atoms with van der Waals surface area (Å²) in [6.07, 6.45) is 0.859. The molecular formula is C20H34O2. The Balaban J connectivity index is 0.00000211. The van der Waals surface area contributed by atoms with Crippen molar-refractivity contribution in [1.82, 2.24) is 0 Å². The average molecular weight is 306 g/mol. The summed E-state index contributed by atoms with van der Waals surface area (Å²) in [7, 11) is 0. The van der Waals surface area contributed by atoms with E-state index in [4.69, 9.17) is 4.74 Å². The highest BCUT2D eigenvalue weighted by Crippen LogP contribution is 2.35. The Hall–Kier alpha value is -1.31. The van der Waals surface area contributed by atoms with Crippen LogP contribution in [-0.4, -0.2) is 5.97 Å². The minimum absolute atomic E-state index is 0.0817. The van der Waals surface area contributed by atoms with E-state index in [9.17, 15) is 4.79 Å². The summed E-state index contributed by atoms with van der Waals surface area (Å²) in [5, 5.41) is 0. The van der Waals surface area contributed by atoms with E-state index < -0.39 is 5.41 Å². The van der Waals surface area contributed by atoms with E-state index in [0.29, 0.717) is 12.5 Å². The van der Waals surface area contributed by atoms with Crippen LogP contribution in [-0.2, 0) is 16.1 Å². The fourth-order valence-corrected chi connectivity index (χ4v) is 2.40. The molecule has 22 heavy (non-hydrogen) atoms. The molecule has 1 aromatic carbocycles. The number of esters is 1.